The fourth-order valence-electron chi connectivity index (χ4n) is 4.21. The van der Waals surface area contributed by atoms with E-state index >= 15 is 0 Å². The molecule has 1 aromatic heterocycles. The van der Waals surface area contributed by atoms with Crippen LogP contribution in [0.5, 0.6) is 0 Å². The van der Waals surface area contributed by atoms with Gasteiger partial charge in [0.15, 0.2) is 0 Å². The molecule has 3 atom stereocenters. The number of β-amino-alcohol motifs (C(OH)–C–C–N with tert-alkyl or cyclic N) is 1. The SMILES string of the molecule is Cc1ncsc1-c1ccc(CNC(=O)[C@@H]2C[C@@H](O)CN2C(=O)[C@@H](NC(=O)OC(C)(C)C)C(C)(C)C)cc1. The standard InChI is InChI=1S/C27H38N4O5S/c1-16-21(37-15-29-16)18-10-8-17(9-11-18)13-28-23(33)20-12-19(32)14-31(20)24(34)22(26(2,3)4)30-25(35)36-27(5,6)7/h8-11,15,19-20,22,32H,12-14H2,1-7H3,(H,28,33)(H,30,35)/t19-,20+,22-/m1/s1. The van der Waals surface area contributed by atoms with E-state index < -0.39 is 41.2 Å². The second kappa shape index (κ2) is 11.2. The van der Waals surface area contributed by atoms with Crippen LogP contribution in [0.4, 0.5) is 4.79 Å². The number of rotatable bonds is 6. The maximum atomic E-state index is 13.6. The Balaban J connectivity index is 1.68. The van der Waals surface area contributed by atoms with Gasteiger partial charge in [0.05, 0.1) is 22.2 Å². The molecule has 0 bridgehead atoms. The Hall–Kier alpha value is -2.98. The number of carbonyl (C=O) groups excluding carboxylic acids is 3. The van der Waals surface area contributed by atoms with Crippen molar-refractivity contribution in [3.63, 3.8) is 0 Å². The van der Waals surface area contributed by atoms with Gasteiger partial charge in [0.25, 0.3) is 0 Å². The topological polar surface area (TPSA) is 121 Å². The lowest BCUT2D eigenvalue weighted by Crippen LogP contribution is -2.58. The maximum Gasteiger partial charge on any atom is 0.408 e. The van der Waals surface area contributed by atoms with Crippen molar-refractivity contribution in [3.8, 4) is 10.4 Å². The third-order valence-corrected chi connectivity index (χ3v) is 7.04. The Morgan fingerprint density at radius 1 is 1.16 bits per heavy atom. The van der Waals surface area contributed by atoms with Crippen molar-refractivity contribution >= 4 is 29.2 Å². The number of likely N-dealkylation sites (tertiary alicyclic amines) is 1. The molecular formula is C27H38N4O5S. The summed E-state index contributed by atoms with van der Waals surface area (Å²) in [6.07, 6.45) is -1.41. The van der Waals surface area contributed by atoms with Crippen molar-refractivity contribution in [1.82, 2.24) is 20.5 Å². The number of hydrogen-bond acceptors (Lipinski definition) is 7. The monoisotopic (exact) mass is 530 g/mol. The molecule has 3 rings (SSSR count). The quantitative estimate of drug-likeness (QED) is 0.525. The van der Waals surface area contributed by atoms with E-state index in [4.69, 9.17) is 4.74 Å². The average Bonchev–Trinajstić information content (AvgIpc) is 3.39. The van der Waals surface area contributed by atoms with Gasteiger partial charge in [-0.2, -0.15) is 0 Å². The van der Waals surface area contributed by atoms with Crippen LogP contribution in [0.3, 0.4) is 0 Å². The molecule has 2 aromatic rings. The highest BCUT2D eigenvalue weighted by molar-refractivity contribution is 7.13. The largest absolute Gasteiger partial charge is 0.444 e. The van der Waals surface area contributed by atoms with Crippen LogP contribution >= 0.6 is 11.3 Å². The van der Waals surface area contributed by atoms with E-state index in [0.29, 0.717) is 0 Å². The molecule has 1 fully saturated rings. The smallest absolute Gasteiger partial charge is 0.408 e. The van der Waals surface area contributed by atoms with E-state index in [-0.39, 0.29) is 25.4 Å². The predicted octanol–water partition coefficient (Wildman–Crippen LogP) is 3.64. The maximum absolute atomic E-state index is 13.6. The number of benzene rings is 1. The van der Waals surface area contributed by atoms with Gasteiger partial charge in [-0.3, -0.25) is 9.59 Å². The number of amides is 3. The van der Waals surface area contributed by atoms with Crippen molar-refractivity contribution in [1.29, 1.82) is 0 Å². The Kier molecular flexibility index (Phi) is 8.64. The van der Waals surface area contributed by atoms with Gasteiger partial charge in [0, 0.05) is 19.5 Å². The van der Waals surface area contributed by atoms with Crippen LogP contribution in [0.1, 0.15) is 59.2 Å². The first-order valence-corrected chi connectivity index (χ1v) is 13.3. The van der Waals surface area contributed by atoms with Crippen molar-refractivity contribution < 1.29 is 24.2 Å². The number of aromatic nitrogens is 1. The molecule has 1 aromatic carbocycles. The van der Waals surface area contributed by atoms with E-state index in [9.17, 15) is 19.5 Å². The molecule has 0 spiro atoms. The highest BCUT2D eigenvalue weighted by atomic mass is 32.1. The zero-order chi connectivity index (χ0) is 27.5. The molecule has 0 saturated carbocycles. The number of ether oxygens (including phenoxy) is 1. The lowest BCUT2D eigenvalue weighted by Gasteiger charge is -2.35. The number of thiazole rings is 1. The number of carbonyl (C=O) groups is 3. The van der Waals surface area contributed by atoms with Gasteiger partial charge >= 0.3 is 6.09 Å². The second-order valence-corrected chi connectivity index (χ2v) is 12.4. The van der Waals surface area contributed by atoms with Crippen LogP contribution in [0.25, 0.3) is 10.4 Å². The molecule has 1 aliphatic rings. The summed E-state index contributed by atoms with van der Waals surface area (Å²) in [6, 6.07) is 6.10. The van der Waals surface area contributed by atoms with Crippen molar-refractivity contribution in [2.45, 2.75) is 85.2 Å². The summed E-state index contributed by atoms with van der Waals surface area (Å²) < 4.78 is 5.35. The third kappa shape index (κ3) is 7.52. The fraction of sp³-hybridized carbons (Fsp3) is 0.556. The van der Waals surface area contributed by atoms with Crippen LogP contribution in [-0.2, 0) is 20.9 Å². The summed E-state index contributed by atoms with van der Waals surface area (Å²) in [5.41, 5.74) is 3.40. The average molecular weight is 531 g/mol. The number of aliphatic hydroxyl groups excluding tert-OH is 1. The minimum Gasteiger partial charge on any atom is -0.444 e. The van der Waals surface area contributed by atoms with Crippen LogP contribution in [0.15, 0.2) is 29.8 Å². The first kappa shape index (κ1) is 28.6. The number of nitrogens with one attached hydrogen (secondary N) is 2. The van der Waals surface area contributed by atoms with E-state index in [0.717, 1.165) is 21.7 Å². The van der Waals surface area contributed by atoms with Gasteiger partial charge in [0.2, 0.25) is 11.8 Å². The lowest BCUT2D eigenvalue weighted by atomic mass is 9.85. The minimum absolute atomic E-state index is 0.0163. The zero-order valence-corrected chi connectivity index (χ0v) is 23.4. The highest BCUT2D eigenvalue weighted by Gasteiger charge is 2.44. The van der Waals surface area contributed by atoms with Gasteiger partial charge in [-0.25, -0.2) is 9.78 Å². The van der Waals surface area contributed by atoms with Crippen molar-refractivity contribution in [2.75, 3.05) is 6.54 Å². The highest BCUT2D eigenvalue weighted by Crippen LogP contribution is 2.28. The molecule has 9 nitrogen and oxygen atoms in total. The van der Waals surface area contributed by atoms with Crippen LogP contribution in [0, 0.1) is 12.3 Å². The molecule has 37 heavy (non-hydrogen) atoms. The molecule has 0 radical (unpaired) electrons. The van der Waals surface area contributed by atoms with Crippen molar-refractivity contribution in [3.05, 3.63) is 41.0 Å². The summed E-state index contributed by atoms with van der Waals surface area (Å²) in [4.78, 5) is 45.9. The minimum atomic E-state index is -0.939. The molecule has 10 heteroatoms. The molecule has 2 heterocycles. The molecule has 0 unspecified atom stereocenters. The van der Waals surface area contributed by atoms with E-state index in [1.54, 1.807) is 32.1 Å². The Labute approximate surface area is 222 Å². The Bertz CT molecular complexity index is 1120. The van der Waals surface area contributed by atoms with Gasteiger partial charge < -0.3 is 25.4 Å². The molecular weight excluding hydrogens is 492 g/mol. The van der Waals surface area contributed by atoms with Crippen molar-refractivity contribution in [2.24, 2.45) is 5.41 Å². The summed E-state index contributed by atoms with van der Waals surface area (Å²) in [5, 5.41) is 15.9. The molecule has 1 aliphatic heterocycles. The summed E-state index contributed by atoms with van der Waals surface area (Å²) in [5.74, 6) is -0.781. The van der Waals surface area contributed by atoms with Crippen LogP contribution < -0.4 is 10.6 Å². The first-order valence-electron chi connectivity index (χ1n) is 12.4. The molecule has 0 aliphatic carbocycles. The number of aliphatic hydroxyl groups is 1. The molecule has 1 saturated heterocycles. The second-order valence-electron chi connectivity index (χ2n) is 11.5. The first-order chi connectivity index (χ1) is 17.2. The summed E-state index contributed by atoms with van der Waals surface area (Å²) >= 11 is 1.58. The summed E-state index contributed by atoms with van der Waals surface area (Å²) in [7, 11) is 0. The van der Waals surface area contributed by atoms with Crippen LogP contribution in [0.2, 0.25) is 0 Å². The Morgan fingerprint density at radius 3 is 2.35 bits per heavy atom. The fourth-order valence-corrected chi connectivity index (χ4v) is 5.02. The van der Waals surface area contributed by atoms with E-state index in [1.165, 1.54) is 4.90 Å². The van der Waals surface area contributed by atoms with E-state index in [2.05, 4.69) is 15.6 Å². The predicted molar refractivity (Wildman–Crippen MR) is 143 cm³/mol. The molecule has 202 valence electrons. The van der Waals surface area contributed by atoms with Gasteiger partial charge in [-0.05, 0) is 44.2 Å². The normalized spacial score (nSPS) is 18.9. The van der Waals surface area contributed by atoms with Gasteiger partial charge in [0.1, 0.15) is 17.7 Å². The van der Waals surface area contributed by atoms with Gasteiger partial charge in [-0.15, -0.1) is 11.3 Å². The van der Waals surface area contributed by atoms with Gasteiger partial charge in [-0.1, -0.05) is 45.0 Å². The molecule has 3 N–H and O–H groups in total. The number of nitrogens with zero attached hydrogens (tertiary/aromatic N) is 2. The third-order valence-electron chi connectivity index (χ3n) is 6.07. The number of alkyl carbamates (subject to hydrolysis) is 1. The zero-order valence-electron chi connectivity index (χ0n) is 22.6. The number of aryl methyl sites for hydroxylation is 1. The van der Waals surface area contributed by atoms with E-state index in [1.807, 2.05) is 57.5 Å². The Morgan fingerprint density at radius 2 is 1.81 bits per heavy atom. The molecule has 3 amide bonds. The number of hydrogen-bond donors (Lipinski definition) is 3. The lowest BCUT2D eigenvalue weighted by molar-refractivity contribution is -0.142. The van der Waals surface area contributed by atoms with Crippen LogP contribution in [-0.4, -0.2) is 63.2 Å². The summed E-state index contributed by atoms with van der Waals surface area (Å²) in [6.45, 7) is 13.0.